The van der Waals surface area contributed by atoms with Crippen LogP contribution in [0.1, 0.15) is 29.6 Å². The van der Waals surface area contributed by atoms with Crippen LogP contribution in [0.15, 0.2) is 96.7 Å². The van der Waals surface area contributed by atoms with Crippen molar-refractivity contribution in [2.75, 3.05) is 5.32 Å². The Hall–Kier alpha value is -2.57. The number of hydrogen-bond acceptors (Lipinski definition) is 4. The molecule has 4 nitrogen and oxygen atoms in total. The maximum absolute atomic E-state index is 11.2. The Labute approximate surface area is 193 Å². The molecule has 1 aliphatic carbocycles. The van der Waals surface area contributed by atoms with E-state index in [0.29, 0.717) is 12.1 Å². The van der Waals surface area contributed by atoms with E-state index in [1.807, 2.05) is 12.1 Å². The normalized spacial score (nSPS) is 12.8. The van der Waals surface area contributed by atoms with Crippen molar-refractivity contribution in [3.05, 3.63) is 102 Å². The molecule has 0 bridgehead atoms. The molecule has 3 aromatic rings. The number of rotatable bonds is 5. The minimum atomic E-state index is -2.03. The molecule has 0 aromatic heterocycles. The zero-order valence-corrected chi connectivity index (χ0v) is 20.5. The van der Waals surface area contributed by atoms with E-state index in [1.54, 1.807) is 18.2 Å². The first-order valence-corrected chi connectivity index (χ1v) is 16.5. The zero-order chi connectivity index (χ0) is 22.1. The number of para-hydroxylation sites is 1. The quantitative estimate of drug-likeness (QED) is 0.507. The third-order valence-corrected chi connectivity index (χ3v) is 12.4. The van der Waals surface area contributed by atoms with Gasteiger partial charge in [0.15, 0.2) is 5.78 Å². The first kappa shape index (κ1) is 23.1. The van der Waals surface area contributed by atoms with Gasteiger partial charge in [0.05, 0.1) is 5.97 Å². The Kier molecular flexibility index (Phi) is 8.73. The number of ketones is 1. The number of carboxylic acids is 1. The molecule has 0 saturated heterocycles. The van der Waals surface area contributed by atoms with Gasteiger partial charge in [-0.25, -0.2) is 0 Å². The molecular formula is C25H22ClNO3Sn. The molecule has 0 heterocycles. The summed E-state index contributed by atoms with van der Waals surface area (Å²) in [5, 5.41) is 13.9. The minimum absolute atomic E-state index is 0.0738. The third kappa shape index (κ3) is 6.97. The van der Waals surface area contributed by atoms with Crippen LogP contribution in [0.5, 0.6) is 0 Å². The molecule has 0 radical (unpaired) electrons. The second-order valence-corrected chi connectivity index (χ2v) is 14.6. The fourth-order valence-corrected chi connectivity index (χ4v) is 8.58. The molecule has 0 saturated carbocycles. The summed E-state index contributed by atoms with van der Waals surface area (Å²) < 4.78 is 2.67. The SMILES string of the molecule is O=C1C=C(Nc2ccccc2C(=O)[O-])CCC1.[Cl][Sn+]([c]1ccccc1)[c]1ccccc1. The van der Waals surface area contributed by atoms with Crippen molar-refractivity contribution in [1.29, 1.82) is 0 Å². The number of carbonyl (C=O) groups excluding carboxylic acids is 2. The van der Waals surface area contributed by atoms with Crippen LogP contribution < -0.4 is 17.6 Å². The Bertz CT molecular complexity index is 1020. The molecule has 0 amide bonds. The van der Waals surface area contributed by atoms with E-state index in [2.05, 4.69) is 53.8 Å². The predicted octanol–water partition coefficient (Wildman–Crippen LogP) is 3.13. The summed E-state index contributed by atoms with van der Waals surface area (Å²) >= 11 is -2.03. The summed E-state index contributed by atoms with van der Waals surface area (Å²) in [6, 6.07) is 27.3. The van der Waals surface area contributed by atoms with E-state index >= 15 is 0 Å². The summed E-state index contributed by atoms with van der Waals surface area (Å²) in [4.78, 5) is 22.1. The first-order chi connectivity index (χ1) is 15.0. The van der Waals surface area contributed by atoms with Gasteiger partial charge in [-0.3, -0.25) is 4.79 Å². The summed E-state index contributed by atoms with van der Waals surface area (Å²) in [7, 11) is 6.53. The monoisotopic (exact) mass is 539 g/mol. The van der Waals surface area contributed by atoms with Gasteiger partial charge < -0.3 is 15.2 Å². The average molecular weight is 539 g/mol. The van der Waals surface area contributed by atoms with Crippen molar-refractivity contribution in [2.24, 2.45) is 0 Å². The van der Waals surface area contributed by atoms with Gasteiger partial charge in [0, 0.05) is 29.4 Å². The van der Waals surface area contributed by atoms with Gasteiger partial charge in [0.2, 0.25) is 0 Å². The molecule has 1 N–H and O–H groups in total. The number of halogens is 1. The number of nitrogens with one attached hydrogen (secondary N) is 1. The summed E-state index contributed by atoms with van der Waals surface area (Å²) in [5.74, 6) is -1.15. The second kappa shape index (κ2) is 11.7. The fraction of sp³-hybridized carbons (Fsp3) is 0.120. The zero-order valence-electron chi connectivity index (χ0n) is 16.9. The predicted molar refractivity (Wildman–Crippen MR) is 125 cm³/mol. The van der Waals surface area contributed by atoms with Crippen molar-refractivity contribution in [3.8, 4) is 0 Å². The summed E-state index contributed by atoms with van der Waals surface area (Å²) in [5.41, 5.74) is 1.33. The molecule has 0 unspecified atom stereocenters. The van der Waals surface area contributed by atoms with Crippen LogP contribution in [0, 0.1) is 0 Å². The van der Waals surface area contributed by atoms with Crippen molar-refractivity contribution in [2.45, 2.75) is 19.3 Å². The van der Waals surface area contributed by atoms with Crippen LogP contribution in [0.2, 0.25) is 0 Å². The van der Waals surface area contributed by atoms with Gasteiger partial charge in [-0.05, 0) is 18.9 Å². The molecule has 6 heteroatoms. The van der Waals surface area contributed by atoms with E-state index < -0.39 is 24.6 Å². The standard InChI is InChI=1S/C13H13NO3.2C6H5.ClH.Sn/c15-10-5-3-4-9(8-10)14-12-7-2-1-6-11(12)13(16)17;2*1-2-4-6-5-3-1;;/h1-2,6-8,14H,3-5H2,(H,16,17);2*1-5H;1H;/q;;;;+2/p-2. The maximum atomic E-state index is 11.2. The number of aromatic carboxylic acids is 1. The molecule has 156 valence electrons. The second-order valence-electron chi connectivity index (χ2n) is 6.99. The molecule has 0 spiro atoms. The van der Waals surface area contributed by atoms with Crippen molar-refractivity contribution in [3.63, 3.8) is 0 Å². The van der Waals surface area contributed by atoms with Gasteiger partial charge in [-0.15, -0.1) is 0 Å². The molecule has 31 heavy (non-hydrogen) atoms. The van der Waals surface area contributed by atoms with Crippen molar-refractivity contribution in [1.82, 2.24) is 0 Å². The molecular weight excluding hydrogens is 516 g/mol. The Morgan fingerprint density at radius 3 is 1.94 bits per heavy atom. The molecule has 1 aliphatic rings. The van der Waals surface area contributed by atoms with Gasteiger partial charge >= 0.3 is 95.4 Å². The number of carbonyl (C=O) groups is 2. The van der Waals surface area contributed by atoms with E-state index in [4.69, 9.17) is 8.92 Å². The molecule has 4 rings (SSSR count). The van der Waals surface area contributed by atoms with Crippen LogP contribution in [0.4, 0.5) is 5.69 Å². The van der Waals surface area contributed by atoms with Crippen LogP contribution in [0.25, 0.3) is 0 Å². The van der Waals surface area contributed by atoms with E-state index in [-0.39, 0.29) is 11.3 Å². The van der Waals surface area contributed by atoms with Crippen molar-refractivity contribution >= 4 is 52.2 Å². The number of carboxylic acid groups (broad SMARTS) is 1. The average Bonchev–Trinajstić information content (AvgIpc) is 2.80. The van der Waals surface area contributed by atoms with Crippen LogP contribution in [0.3, 0.4) is 0 Å². The van der Waals surface area contributed by atoms with E-state index in [9.17, 15) is 14.7 Å². The molecule has 3 aromatic carbocycles. The van der Waals surface area contributed by atoms with Crippen molar-refractivity contribution < 1.29 is 14.7 Å². The fourth-order valence-electron chi connectivity index (χ4n) is 3.17. The summed E-state index contributed by atoms with van der Waals surface area (Å²) in [6.45, 7) is 0. The van der Waals surface area contributed by atoms with E-state index in [0.717, 1.165) is 18.5 Å². The summed E-state index contributed by atoms with van der Waals surface area (Å²) in [6.07, 6.45) is 3.65. The number of benzene rings is 3. The van der Waals surface area contributed by atoms with Crippen LogP contribution in [-0.4, -0.2) is 30.4 Å². The van der Waals surface area contributed by atoms with E-state index in [1.165, 1.54) is 19.3 Å². The Morgan fingerprint density at radius 1 is 0.839 bits per heavy atom. The van der Waals surface area contributed by atoms with Gasteiger partial charge in [0.1, 0.15) is 0 Å². The number of anilines is 1. The van der Waals surface area contributed by atoms with Crippen LogP contribution in [-0.2, 0) is 4.79 Å². The Balaban J connectivity index is 0.000000179. The van der Waals surface area contributed by atoms with Gasteiger partial charge in [-0.2, -0.15) is 0 Å². The third-order valence-electron chi connectivity index (χ3n) is 4.70. The topological polar surface area (TPSA) is 69.2 Å². The van der Waals surface area contributed by atoms with Gasteiger partial charge in [0.25, 0.3) is 0 Å². The molecule has 0 aliphatic heterocycles. The molecule has 0 fully saturated rings. The first-order valence-electron chi connectivity index (χ1n) is 9.98. The number of hydrogen-bond donors (Lipinski definition) is 1. The molecule has 0 atom stereocenters. The van der Waals surface area contributed by atoms with Crippen LogP contribution >= 0.6 is 8.92 Å². The number of allylic oxidation sites excluding steroid dienone is 2. The van der Waals surface area contributed by atoms with Gasteiger partial charge in [-0.1, -0.05) is 18.2 Å². The Morgan fingerprint density at radius 2 is 1.39 bits per heavy atom.